The highest BCUT2D eigenvalue weighted by Gasteiger charge is 2.24. The lowest BCUT2D eigenvalue weighted by Crippen LogP contribution is -2.26. The first kappa shape index (κ1) is 21.8. The van der Waals surface area contributed by atoms with Gasteiger partial charge in [0, 0.05) is 18.2 Å². The van der Waals surface area contributed by atoms with E-state index < -0.39 is 9.84 Å². The van der Waals surface area contributed by atoms with E-state index >= 15 is 0 Å². The van der Waals surface area contributed by atoms with Gasteiger partial charge in [-0.15, -0.1) is 0 Å². The third-order valence-corrected chi connectivity index (χ3v) is 6.89. The standard InChI is InChI=1S/C22H26N2O5S/c1-13(2)16-7-5-6-14(3)22(16)24-20(25)8-9-30(27,28)19-11-18-17(10-15(19)4)23-21(26)12-29-18/h5-7,10-11,13H,8-9,12H2,1-4H3,(H,23,26)(H,24,25). The number of carbonyl (C=O) groups is 2. The summed E-state index contributed by atoms with van der Waals surface area (Å²) in [7, 11) is -3.72. The van der Waals surface area contributed by atoms with Crippen molar-refractivity contribution in [1.82, 2.24) is 0 Å². The van der Waals surface area contributed by atoms with Gasteiger partial charge in [0.15, 0.2) is 16.4 Å². The lowest BCUT2D eigenvalue weighted by molar-refractivity contribution is -0.118. The Balaban J connectivity index is 1.75. The van der Waals surface area contributed by atoms with Gasteiger partial charge in [-0.25, -0.2) is 8.42 Å². The van der Waals surface area contributed by atoms with Crippen LogP contribution in [0, 0.1) is 13.8 Å². The quantitative estimate of drug-likeness (QED) is 0.730. The Bertz CT molecular complexity index is 1110. The first-order valence-corrected chi connectivity index (χ1v) is 11.4. The molecule has 0 saturated carbocycles. The average Bonchev–Trinajstić information content (AvgIpc) is 2.67. The summed E-state index contributed by atoms with van der Waals surface area (Å²) in [5.41, 5.74) is 3.62. The minimum atomic E-state index is -3.72. The van der Waals surface area contributed by atoms with Crippen LogP contribution in [0.3, 0.4) is 0 Å². The molecule has 30 heavy (non-hydrogen) atoms. The summed E-state index contributed by atoms with van der Waals surface area (Å²) in [4.78, 5) is 24.1. The van der Waals surface area contributed by atoms with E-state index in [9.17, 15) is 18.0 Å². The van der Waals surface area contributed by atoms with Gasteiger partial charge in [0.1, 0.15) is 5.75 Å². The number of sulfone groups is 1. The number of aryl methyl sites for hydroxylation is 2. The van der Waals surface area contributed by atoms with Gasteiger partial charge in [0.25, 0.3) is 5.91 Å². The van der Waals surface area contributed by atoms with Crippen LogP contribution in [-0.4, -0.2) is 32.6 Å². The van der Waals surface area contributed by atoms with Crippen molar-refractivity contribution in [2.24, 2.45) is 0 Å². The highest BCUT2D eigenvalue weighted by atomic mass is 32.2. The smallest absolute Gasteiger partial charge is 0.262 e. The number of carbonyl (C=O) groups excluding carboxylic acids is 2. The number of hydrogen-bond acceptors (Lipinski definition) is 5. The molecule has 0 atom stereocenters. The van der Waals surface area contributed by atoms with Crippen LogP contribution < -0.4 is 15.4 Å². The molecule has 0 aliphatic carbocycles. The summed E-state index contributed by atoms with van der Waals surface area (Å²) in [5.74, 6) is -0.430. The molecule has 0 fully saturated rings. The van der Waals surface area contributed by atoms with Crippen LogP contribution in [0.2, 0.25) is 0 Å². The number of para-hydroxylation sites is 1. The Labute approximate surface area is 176 Å². The molecule has 2 aromatic rings. The van der Waals surface area contributed by atoms with Gasteiger partial charge >= 0.3 is 0 Å². The molecule has 0 aromatic heterocycles. The van der Waals surface area contributed by atoms with Crippen LogP contribution in [0.4, 0.5) is 11.4 Å². The van der Waals surface area contributed by atoms with Gasteiger partial charge in [-0.3, -0.25) is 9.59 Å². The summed E-state index contributed by atoms with van der Waals surface area (Å²) >= 11 is 0. The maximum absolute atomic E-state index is 12.9. The van der Waals surface area contributed by atoms with E-state index in [0.29, 0.717) is 17.0 Å². The van der Waals surface area contributed by atoms with Crippen molar-refractivity contribution in [1.29, 1.82) is 0 Å². The number of ether oxygens (including phenoxy) is 1. The van der Waals surface area contributed by atoms with E-state index in [1.165, 1.54) is 6.07 Å². The Morgan fingerprint density at radius 1 is 1.20 bits per heavy atom. The number of fused-ring (bicyclic) bond motifs is 1. The summed E-state index contributed by atoms with van der Waals surface area (Å²) < 4.78 is 31.1. The van der Waals surface area contributed by atoms with Crippen LogP contribution in [0.1, 0.15) is 42.9 Å². The van der Waals surface area contributed by atoms with E-state index in [1.807, 2.05) is 39.0 Å². The fraction of sp³-hybridized carbons (Fsp3) is 0.364. The molecule has 160 valence electrons. The minimum absolute atomic E-state index is 0.101. The van der Waals surface area contributed by atoms with Gasteiger partial charge in [0.05, 0.1) is 16.3 Å². The molecule has 2 aromatic carbocycles. The second kappa shape index (κ2) is 8.47. The SMILES string of the molecule is Cc1cc2c(cc1S(=O)(=O)CCC(=O)Nc1c(C)cccc1C(C)C)OCC(=O)N2. The Hall–Kier alpha value is -2.87. The van der Waals surface area contributed by atoms with Gasteiger partial charge < -0.3 is 15.4 Å². The van der Waals surface area contributed by atoms with Gasteiger partial charge in [0.2, 0.25) is 5.91 Å². The summed E-state index contributed by atoms with van der Waals surface area (Å²) in [5, 5.41) is 5.53. The van der Waals surface area contributed by atoms with Crippen LogP contribution >= 0.6 is 0 Å². The molecular formula is C22H26N2O5S. The van der Waals surface area contributed by atoms with Crippen molar-refractivity contribution >= 4 is 33.0 Å². The number of amides is 2. The molecule has 1 heterocycles. The highest BCUT2D eigenvalue weighted by molar-refractivity contribution is 7.91. The second-order valence-electron chi connectivity index (χ2n) is 7.76. The van der Waals surface area contributed by atoms with Crippen LogP contribution in [-0.2, 0) is 19.4 Å². The Kier molecular flexibility index (Phi) is 6.17. The largest absolute Gasteiger partial charge is 0.482 e. The van der Waals surface area contributed by atoms with Gasteiger partial charge in [-0.1, -0.05) is 32.0 Å². The molecular weight excluding hydrogens is 404 g/mol. The maximum Gasteiger partial charge on any atom is 0.262 e. The average molecular weight is 431 g/mol. The Morgan fingerprint density at radius 2 is 1.93 bits per heavy atom. The molecule has 2 N–H and O–H groups in total. The topological polar surface area (TPSA) is 102 Å². The number of benzene rings is 2. The zero-order valence-corrected chi connectivity index (χ0v) is 18.4. The first-order chi connectivity index (χ1) is 14.1. The predicted octanol–water partition coefficient (Wildman–Crippen LogP) is 3.56. The van der Waals surface area contributed by atoms with E-state index in [0.717, 1.165) is 16.8 Å². The Morgan fingerprint density at radius 3 is 2.63 bits per heavy atom. The first-order valence-electron chi connectivity index (χ1n) is 9.78. The van der Waals surface area contributed by atoms with Crippen LogP contribution in [0.15, 0.2) is 35.2 Å². The van der Waals surface area contributed by atoms with Crippen molar-refractivity contribution in [3.8, 4) is 5.75 Å². The molecule has 1 aliphatic rings. The fourth-order valence-electron chi connectivity index (χ4n) is 3.43. The molecule has 0 saturated heterocycles. The number of hydrogen-bond donors (Lipinski definition) is 2. The van der Waals surface area contributed by atoms with Gasteiger partial charge in [-0.05, 0) is 42.5 Å². The zero-order chi connectivity index (χ0) is 22.1. The zero-order valence-electron chi connectivity index (χ0n) is 17.5. The van der Waals surface area contributed by atoms with E-state index in [-0.39, 0.29) is 41.4 Å². The second-order valence-corrected chi connectivity index (χ2v) is 9.84. The van der Waals surface area contributed by atoms with E-state index in [1.54, 1.807) is 13.0 Å². The molecule has 3 rings (SSSR count). The van der Waals surface area contributed by atoms with E-state index in [4.69, 9.17) is 4.74 Å². The van der Waals surface area contributed by atoms with Crippen molar-refractivity contribution in [3.05, 3.63) is 47.0 Å². The summed E-state index contributed by atoms with van der Waals surface area (Å²) in [6.45, 7) is 7.48. The van der Waals surface area contributed by atoms with Crippen LogP contribution in [0.25, 0.3) is 0 Å². The van der Waals surface area contributed by atoms with Crippen molar-refractivity contribution < 1.29 is 22.7 Å². The van der Waals surface area contributed by atoms with E-state index in [2.05, 4.69) is 10.6 Å². The molecule has 2 amide bonds. The normalized spacial score (nSPS) is 13.4. The number of rotatable bonds is 6. The van der Waals surface area contributed by atoms with Crippen LogP contribution in [0.5, 0.6) is 5.75 Å². The van der Waals surface area contributed by atoms with Crippen molar-refractivity contribution in [3.63, 3.8) is 0 Å². The molecule has 1 aliphatic heterocycles. The summed E-state index contributed by atoms with van der Waals surface area (Å²) in [6, 6.07) is 8.79. The molecule has 0 bridgehead atoms. The monoisotopic (exact) mass is 430 g/mol. The lowest BCUT2D eigenvalue weighted by Gasteiger charge is -2.20. The van der Waals surface area contributed by atoms with Crippen molar-refractivity contribution in [2.75, 3.05) is 23.0 Å². The van der Waals surface area contributed by atoms with Crippen molar-refractivity contribution in [2.45, 2.75) is 44.9 Å². The molecule has 7 nitrogen and oxygen atoms in total. The highest BCUT2D eigenvalue weighted by Crippen LogP contribution is 2.33. The van der Waals surface area contributed by atoms with Gasteiger partial charge in [-0.2, -0.15) is 0 Å². The lowest BCUT2D eigenvalue weighted by atomic mass is 9.98. The molecule has 0 unspecified atom stereocenters. The summed E-state index contributed by atoms with van der Waals surface area (Å²) in [6.07, 6.45) is -0.164. The fourth-order valence-corrected chi connectivity index (χ4v) is 4.94. The third-order valence-electron chi connectivity index (χ3n) is 5.03. The molecule has 0 radical (unpaired) electrons. The minimum Gasteiger partial charge on any atom is -0.482 e. The number of nitrogens with one attached hydrogen (secondary N) is 2. The molecule has 8 heteroatoms. The maximum atomic E-state index is 12.9. The predicted molar refractivity (Wildman–Crippen MR) is 116 cm³/mol. The number of anilines is 2. The third kappa shape index (κ3) is 4.64. The molecule has 0 spiro atoms.